The SMILES string of the molecule is C[C@@H]1CC(=O)Nc2ccccc2N1C(=O)Cn1nnc(-c2ccc(F)cc2)n1. The fourth-order valence-corrected chi connectivity index (χ4v) is 3.19. The van der Waals surface area contributed by atoms with E-state index in [-0.39, 0.29) is 36.6 Å². The topological polar surface area (TPSA) is 93.0 Å². The summed E-state index contributed by atoms with van der Waals surface area (Å²) in [6.45, 7) is 1.68. The Morgan fingerprint density at radius 2 is 1.96 bits per heavy atom. The zero-order valence-corrected chi connectivity index (χ0v) is 15.0. The van der Waals surface area contributed by atoms with Gasteiger partial charge in [0.05, 0.1) is 11.4 Å². The highest BCUT2D eigenvalue weighted by molar-refractivity contribution is 6.04. The minimum absolute atomic E-state index is 0.138. The number of hydrogen-bond acceptors (Lipinski definition) is 5. The van der Waals surface area contributed by atoms with Gasteiger partial charge in [-0.2, -0.15) is 4.80 Å². The number of carbonyl (C=O) groups is 2. The van der Waals surface area contributed by atoms with E-state index in [4.69, 9.17) is 0 Å². The summed E-state index contributed by atoms with van der Waals surface area (Å²) in [5.41, 5.74) is 1.82. The molecule has 8 nitrogen and oxygen atoms in total. The van der Waals surface area contributed by atoms with Crippen molar-refractivity contribution in [2.24, 2.45) is 0 Å². The van der Waals surface area contributed by atoms with Crippen LogP contribution in [0.1, 0.15) is 13.3 Å². The van der Waals surface area contributed by atoms with Crippen LogP contribution in [0.3, 0.4) is 0 Å². The fraction of sp³-hybridized carbons (Fsp3) is 0.211. The van der Waals surface area contributed by atoms with Crippen molar-refractivity contribution in [2.75, 3.05) is 10.2 Å². The van der Waals surface area contributed by atoms with Crippen molar-refractivity contribution in [3.63, 3.8) is 0 Å². The molecule has 4 rings (SSSR count). The van der Waals surface area contributed by atoms with E-state index in [2.05, 4.69) is 20.7 Å². The van der Waals surface area contributed by atoms with Gasteiger partial charge in [-0.05, 0) is 48.5 Å². The molecule has 1 aliphatic rings. The number of nitrogens with one attached hydrogen (secondary N) is 1. The van der Waals surface area contributed by atoms with Crippen LogP contribution >= 0.6 is 0 Å². The van der Waals surface area contributed by atoms with Crippen LogP contribution in [0.4, 0.5) is 15.8 Å². The maximum atomic E-state index is 13.1. The molecule has 9 heteroatoms. The fourth-order valence-electron chi connectivity index (χ4n) is 3.19. The zero-order valence-electron chi connectivity index (χ0n) is 15.0. The molecule has 1 aliphatic heterocycles. The van der Waals surface area contributed by atoms with Crippen LogP contribution in [0.2, 0.25) is 0 Å². The predicted molar refractivity (Wildman–Crippen MR) is 99.8 cm³/mol. The van der Waals surface area contributed by atoms with Crippen LogP contribution in [-0.4, -0.2) is 38.1 Å². The monoisotopic (exact) mass is 380 g/mol. The number of amides is 2. The molecule has 0 aliphatic carbocycles. The maximum Gasteiger partial charge on any atom is 0.250 e. The van der Waals surface area contributed by atoms with Crippen molar-refractivity contribution < 1.29 is 14.0 Å². The highest BCUT2D eigenvalue weighted by atomic mass is 19.1. The van der Waals surface area contributed by atoms with E-state index in [9.17, 15) is 14.0 Å². The summed E-state index contributed by atoms with van der Waals surface area (Å²) in [5, 5.41) is 14.9. The first-order valence-electron chi connectivity index (χ1n) is 8.76. The number of nitrogens with zero attached hydrogens (tertiary/aromatic N) is 5. The largest absolute Gasteiger partial charge is 0.324 e. The van der Waals surface area contributed by atoms with Gasteiger partial charge in [-0.3, -0.25) is 9.59 Å². The number of aromatic nitrogens is 4. The summed E-state index contributed by atoms with van der Waals surface area (Å²) >= 11 is 0. The van der Waals surface area contributed by atoms with Gasteiger partial charge in [0.2, 0.25) is 11.7 Å². The van der Waals surface area contributed by atoms with E-state index in [1.807, 2.05) is 13.0 Å². The van der Waals surface area contributed by atoms with Crippen LogP contribution in [0.5, 0.6) is 0 Å². The Kier molecular flexibility index (Phi) is 4.56. The van der Waals surface area contributed by atoms with E-state index in [1.165, 1.54) is 16.9 Å². The molecule has 0 unspecified atom stereocenters. The standard InChI is InChI=1S/C19H17FN6O2/c1-12-10-17(27)21-15-4-2-3-5-16(15)26(12)18(28)11-25-23-19(22-24-25)13-6-8-14(20)9-7-13/h2-9,12H,10-11H2,1H3,(H,21,27)/t12-/m1/s1. The van der Waals surface area contributed by atoms with Gasteiger partial charge in [-0.15, -0.1) is 10.2 Å². The molecule has 2 amide bonds. The van der Waals surface area contributed by atoms with Crippen molar-refractivity contribution in [3.8, 4) is 11.4 Å². The number of anilines is 2. The summed E-state index contributed by atoms with van der Waals surface area (Å²) in [7, 11) is 0. The van der Waals surface area contributed by atoms with Gasteiger partial charge in [-0.1, -0.05) is 12.1 Å². The second-order valence-electron chi connectivity index (χ2n) is 6.53. The molecular weight excluding hydrogens is 363 g/mol. The molecule has 142 valence electrons. The molecule has 0 radical (unpaired) electrons. The van der Waals surface area contributed by atoms with Crippen LogP contribution in [0, 0.1) is 5.82 Å². The molecule has 0 saturated carbocycles. The molecule has 0 bridgehead atoms. The van der Waals surface area contributed by atoms with Crippen molar-refractivity contribution in [2.45, 2.75) is 25.9 Å². The molecule has 1 N–H and O–H groups in total. The van der Waals surface area contributed by atoms with Crippen molar-refractivity contribution >= 4 is 23.2 Å². The van der Waals surface area contributed by atoms with Crippen LogP contribution in [0.25, 0.3) is 11.4 Å². The first-order valence-corrected chi connectivity index (χ1v) is 8.76. The predicted octanol–water partition coefficient (Wildman–Crippen LogP) is 2.24. The molecule has 2 aromatic carbocycles. The van der Waals surface area contributed by atoms with Crippen LogP contribution < -0.4 is 10.2 Å². The molecule has 1 atom stereocenters. The maximum absolute atomic E-state index is 13.1. The van der Waals surface area contributed by atoms with E-state index < -0.39 is 0 Å². The quantitative estimate of drug-likeness (QED) is 0.752. The third-order valence-corrected chi connectivity index (χ3v) is 4.46. The van der Waals surface area contributed by atoms with E-state index in [1.54, 1.807) is 35.2 Å². The van der Waals surface area contributed by atoms with Gasteiger partial charge in [0.15, 0.2) is 0 Å². The number of hydrogen-bond donors (Lipinski definition) is 1. The zero-order chi connectivity index (χ0) is 19.7. The highest BCUT2D eigenvalue weighted by Crippen LogP contribution is 2.31. The Balaban J connectivity index is 1.58. The first-order chi connectivity index (χ1) is 13.5. The van der Waals surface area contributed by atoms with Gasteiger partial charge < -0.3 is 10.2 Å². The van der Waals surface area contributed by atoms with Gasteiger partial charge in [0, 0.05) is 18.0 Å². The van der Waals surface area contributed by atoms with Crippen molar-refractivity contribution in [1.82, 2.24) is 20.2 Å². The lowest BCUT2D eigenvalue weighted by Gasteiger charge is -2.27. The lowest BCUT2D eigenvalue weighted by atomic mass is 10.1. The second-order valence-corrected chi connectivity index (χ2v) is 6.53. The number of para-hydroxylation sites is 2. The molecule has 28 heavy (non-hydrogen) atoms. The Bertz CT molecular complexity index is 1030. The van der Waals surface area contributed by atoms with Gasteiger partial charge >= 0.3 is 0 Å². The molecular formula is C19H17FN6O2. The average molecular weight is 380 g/mol. The minimum atomic E-state index is -0.358. The van der Waals surface area contributed by atoms with Crippen molar-refractivity contribution in [3.05, 3.63) is 54.3 Å². The van der Waals surface area contributed by atoms with Gasteiger partial charge in [0.1, 0.15) is 12.4 Å². The van der Waals surface area contributed by atoms with Crippen LogP contribution in [-0.2, 0) is 16.1 Å². The summed E-state index contributed by atoms with van der Waals surface area (Å²) in [6.07, 6.45) is 0.187. The first kappa shape index (κ1) is 17.8. The molecule has 2 heterocycles. The number of fused-ring (bicyclic) bond motifs is 1. The number of tetrazole rings is 1. The number of halogens is 1. The lowest BCUT2D eigenvalue weighted by molar-refractivity contribution is -0.120. The van der Waals surface area contributed by atoms with E-state index >= 15 is 0 Å². The van der Waals surface area contributed by atoms with Gasteiger partial charge in [0.25, 0.3) is 5.91 Å². The number of carbonyl (C=O) groups excluding carboxylic acids is 2. The Hall–Kier alpha value is -3.62. The Morgan fingerprint density at radius 3 is 2.75 bits per heavy atom. The molecule has 3 aromatic rings. The van der Waals surface area contributed by atoms with Crippen molar-refractivity contribution in [1.29, 1.82) is 0 Å². The third-order valence-electron chi connectivity index (χ3n) is 4.46. The molecule has 0 fully saturated rings. The number of benzene rings is 2. The lowest BCUT2D eigenvalue weighted by Crippen LogP contribution is -2.41. The van der Waals surface area contributed by atoms with E-state index in [0.29, 0.717) is 22.8 Å². The summed E-state index contributed by atoms with van der Waals surface area (Å²) in [6, 6.07) is 12.5. The number of rotatable bonds is 3. The highest BCUT2D eigenvalue weighted by Gasteiger charge is 2.30. The molecule has 1 aromatic heterocycles. The Labute approximate surface area is 160 Å². The molecule has 0 saturated heterocycles. The molecule has 0 spiro atoms. The summed E-state index contributed by atoms with van der Waals surface area (Å²) in [4.78, 5) is 27.8. The van der Waals surface area contributed by atoms with E-state index in [0.717, 1.165) is 0 Å². The normalized spacial score (nSPS) is 16.3. The second kappa shape index (κ2) is 7.18. The third kappa shape index (κ3) is 3.46. The smallest absolute Gasteiger partial charge is 0.250 e. The Morgan fingerprint density at radius 1 is 1.21 bits per heavy atom. The minimum Gasteiger partial charge on any atom is -0.324 e. The van der Waals surface area contributed by atoms with Crippen LogP contribution in [0.15, 0.2) is 48.5 Å². The summed E-state index contributed by atoms with van der Waals surface area (Å²) < 4.78 is 13.1. The summed E-state index contributed by atoms with van der Waals surface area (Å²) in [5.74, 6) is -0.468. The van der Waals surface area contributed by atoms with Gasteiger partial charge in [-0.25, -0.2) is 4.39 Å². The average Bonchev–Trinajstić information content (AvgIpc) is 3.07.